The van der Waals surface area contributed by atoms with Crippen LogP contribution in [0.4, 0.5) is 0 Å². The van der Waals surface area contributed by atoms with E-state index in [1.165, 1.54) is 25.7 Å². The van der Waals surface area contributed by atoms with Crippen LogP contribution in [-0.2, 0) is 9.53 Å². The van der Waals surface area contributed by atoms with Gasteiger partial charge in [0.1, 0.15) is 0 Å². The van der Waals surface area contributed by atoms with Gasteiger partial charge in [0.2, 0.25) is 0 Å². The molecule has 0 saturated heterocycles. The molecule has 0 spiro atoms. The van der Waals surface area contributed by atoms with Gasteiger partial charge < -0.3 is 10.1 Å². The minimum absolute atomic E-state index is 0.0894. The summed E-state index contributed by atoms with van der Waals surface area (Å²) in [5, 5.41) is 3.46. The van der Waals surface area contributed by atoms with Gasteiger partial charge in [-0.3, -0.25) is 4.79 Å². The highest BCUT2D eigenvalue weighted by molar-refractivity contribution is 5.69. The largest absolute Gasteiger partial charge is 0.466 e. The second kappa shape index (κ2) is 6.83. The zero-order chi connectivity index (χ0) is 11.1. The third kappa shape index (κ3) is 4.65. The van der Waals surface area contributed by atoms with Gasteiger partial charge in [-0.05, 0) is 25.7 Å². The van der Waals surface area contributed by atoms with E-state index < -0.39 is 0 Å². The quantitative estimate of drug-likeness (QED) is 0.711. The van der Waals surface area contributed by atoms with Crippen LogP contribution < -0.4 is 5.32 Å². The molecule has 0 aliphatic heterocycles. The first-order valence-electron chi connectivity index (χ1n) is 6.13. The van der Waals surface area contributed by atoms with Crippen molar-refractivity contribution in [3.05, 3.63) is 0 Å². The van der Waals surface area contributed by atoms with Crippen molar-refractivity contribution in [3.8, 4) is 0 Å². The summed E-state index contributed by atoms with van der Waals surface area (Å²) in [6.45, 7) is 5.38. The van der Waals surface area contributed by atoms with Crippen LogP contribution in [0.15, 0.2) is 0 Å². The number of rotatable bonds is 5. The van der Waals surface area contributed by atoms with Crippen LogP contribution >= 0.6 is 0 Å². The highest BCUT2D eigenvalue weighted by Gasteiger charge is 2.20. The fourth-order valence-corrected chi connectivity index (χ4v) is 2.21. The molecular weight excluding hydrogens is 190 g/mol. The zero-order valence-electron chi connectivity index (χ0n) is 9.92. The van der Waals surface area contributed by atoms with E-state index in [4.69, 9.17) is 4.74 Å². The Hall–Kier alpha value is -0.570. The molecule has 0 amide bonds. The van der Waals surface area contributed by atoms with Crippen molar-refractivity contribution in [1.29, 1.82) is 0 Å². The second-order valence-corrected chi connectivity index (χ2v) is 4.38. The van der Waals surface area contributed by atoms with Gasteiger partial charge >= 0.3 is 5.97 Å². The van der Waals surface area contributed by atoms with Gasteiger partial charge in [0, 0.05) is 12.6 Å². The second-order valence-electron chi connectivity index (χ2n) is 4.38. The SMILES string of the molecule is CCOC(=O)CCN[C@H]1CCCC[C@H]1C. The van der Waals surface area contributed by atoms with Crippen LogP contribution in [0.3, 0.4) is 0 Å². The van der Waals surface area contributed by atoms with E-state index in [2.05, 4.69) is 12.2 Å². The van der Waals surface area contributed by atoms with Crippen LogP contribution in [-0.4, -0.2) is 25.2 Å². The number of nitrogens with one attached hydrogen (secondary N) is 1. The molecule has 0 heterocycles. The van der Waals surface area contributed by atoms with Crippen LogP contribution in [0, 0.1) is 5.92 Å². The smallest absolute Gasteiger partial charge is 0.307 e. The Kier molecular flexibility index (Phi) is 5.69. The molecule has 1 fully saturated rings. The lowest BCUT2D eigenvalue weighted by Gasteiger charge is -2.29. The van der Waals surface area contributed by atoms with Crippen LogP contribution in [0.2, 0.25) is 0 Å². The fourth-order valence-electron chi connectivity index (χ4n) is 2.21. The molecule has 0 aromatic carbocycles. The van der Waals surface area contributed by atoms with Gasteiger partial charge in [-0.25, -0.2) is 0 Å². The first-order chi connectivity index (χ1) is 7.24. The number of hydrogen-bond donors (Lipinski definition) is 1. The van der Waals surface area contributed by atoms with Crippen LogP contribution in [0.25, 0.3) is 0 Å². The average molecular weight is 213 g/mol. The Morgan fingerprint density at radius 3 is 2.80 bits per heavy atom. The summed E-state index contributed by atoms with van der Waals surface area (Å²) in [6, 6.07) is 0.605. The highest BCUT2D eigenvalue weighted by Crippen LogP contribution is 2.23. The first kappa shape index (κ1) is 12.5. The summed E-state index contributed by atoms with van der Waals surface area (Å²) in [6.07, 6.45) is 5.75. The number of hydrogen-bond acceptors (Lipinski definition) is 3. The number of esters is 1. The molecule has 1 saturated carbocycles. The monoisotopic (exact) mass is 213 g/mol. The first-order valence-corrected chi connectivity index (χ1v) is 6.13. The average Bonchev–Trinajstić information content (AvgIpc) is 2.21. The van der Waals surface area contributed by atoms with Crippen molar-refractivity contribution in [2.75, 3.05) is 13.2 Å². The molecule has 15 heavy (non-hydrogen) atoms. The standard InChI is InChI=1S/C12H23NO2/c1-3-15-12(14)8-9-13-11-7-5-4-6-10(11)2/h10-11,13H,3-9H2,1-2H3/t10-,11+/m1/s1. The molecule has 1 aliphatic carbocycles. The molecule has 0 aromatic heterocycles. The molecule has 0 aromatic rings. The molecule has 0 unspecified atom stereocenters. The summed E-state index contributed by atoms with van der Waals surface area (Å²) >= 11 is 0. The summed E-state index contributed by atoms with van der Waals surface area (Å²) < 4.78 is 4.88. The summed E-state index contributed by atoms with van der Waals surface area (Å²) in [7, 11) is 0. The van der Waals surface area contributed by atoms with E-state index in [1.807, 2.05) is 6.92 Å². The van der Waals surface area contributed by atoms with E-state index in [1.54, 1.807) is 0 Å². The lowest BCUT2D eigenvalue weighted by Crippen LogP contribution is -2.38. The third-order valence-corrected chi connectivity index (χ3v) is 3.15. The predicted molar refractivity (Wildman–Crippen MR) is 60.7 cm³/mol. The number of carbonyl (C=O) groups excluding carboxylic acids is 1. The summed E-state index contributed by atoms with van der Waals surface area (Å²) in [4.78, 5) is 11.1. The normalized spacial score (nSPS) is 26.3. The van der Waals surface area contributed by atoms with Crippen molar-refractivity contribution >= 4 is 5.97 Å². The third-order valence-electron chi connectivity index (χ3n) is 3.15. The molecule has 0 radical (unpaired) electrons. The minimum Gasteiger partial charge on any atom is -0.466 e. The molecule has 2 atom stereocenters. The Bertz CT molecular complexity index is 194. The molecule has 1 rings (SSSR count). The minimum atomic E-state index is -0.0894. The van der Waals surface area contributed by atoms with Crippen LogP contribution in [0.5, 0.6) is 0 Å². The van der Waals surface area contributed by atoms with Gasteiger partial charge in [-0.1, -0.05) is 19.8 Å². The Morgan fingerprint density at radius 1 is 1.40 bits per heavy atom. The van der Waals surface area contributed by atoms with Crippen molar-refractivity contribution in [2.24, 2.45) is 5.92 Å². The molecule has 1 aliphatic rings. The summed E-state index contributed by atoms with van der Waals surface area (Å²) in [5.74, 6) is 0.661. The Balaban J connectivity index is 2.10. The zero-order valence-corrected chi connectivity index (χ0v) is 9.92. The number of ether oxygens (including phenoxy) is 1. The predicted octanol–water partition coefficient (Wildman–Crippen LogP) is 2.11. The van der Waals surface area contributed by atoms with E-state index in [0.29, 0.717) is 19.1 Å². The van der Waals surface area contributed by atoms with Crippen molar-refractivity contribution < 1.29 is 9.53 Å². The molecule has 0 bridgehead atoms. The van der Waals surface area contributed by atoms with Gasteiger partial charge in [-0.15, -0.1) is 0 Å². The van der Waals surface area contributed by atoms with Gasteiger partial charge in [-0.2, -0.15) is 0 Å². The molecule has 1 N–H and O–H groups in total. The maximum Gasteiger partial charge on any atom is 0.307 e. The topological polar surface area (TPSA) is 38.3 Å². The van der Waals surface area contributed by atoms with E-state index in [9.17, 15) is 4.79 Å². The fraction of sp³-hybridized carbons (Fsp3) is 0.917. The molecule has 3 nitrogen and oxygen atoms in total. The Labute approximate surface area is 92.6 Å². The summed E-state index contributed by atoms with van der Waals surface area (Å²) in [5.41, 5.74) is 0. The van der Waals surface area contributed by atoms with E-state index in [0.717, 1.165) is 12.5 Å². The molecule has 88 valence electrons. The van der Waals surface area contributed by atoms with E-state index in [-0.39, 0.29) is 5.97 Å². The Morgan fingerprint density at radius 2 is 2.13 bits per heavy atom. The molecule has 3 heteroatoms. The lowest BCUT2D eigenvalue weighted by molar-refractivity contribution is -0.143. The van der Waals surface area contributed by atoms with Crippen molar-refractivity contribution in [1.82, 2.24) is 5.32 Å². The van der Waals surface area contributed by atoms with Gasteiger partial charge in [0.15, 0.2) is 0 Å². The van der Waals surface area contributed by atoms with Gasteiger partial charge in [0.05, 0.1) is 13.0 Å². The van der Waals surface area contributed by atoms with E-state index >= 15 is 0 Å². The maximum absolute atomic E-state index is 11.1. The number of carbonyl (C=O) groups is 1. The van der Waals surface area contributed by atoms with Crippen molar-refractivity contribution in [3.63, 3.8) is 0 Å². The van der Waals surface area contributed by atoms with Gasteiger partial charge in [0.25, 0.3) is 0 Å². The highest BCUT2D eigenvalue weighted by atomic mass is 16.5. The van der Waals surface area contributed by atoms with Crippen molar-refractivity contribution in [2.45, 2.75) is 52.0 Å². The van der Waals surface area contributed by atoms with Crippen LogP contribution in [0.1, 0.15) is 46.0 Å². The molecular formula is C12H23NO2. The lowest BCUT2D eigenvalue weighted by atomic mass is 9.86. The maximum atomic E-state index is 11.1.